The van der Waals surface area contributed by atoms with Crippen LogP contribution in [-0.2, 0) is 12.3 Å². The molecule has 2 heterocycles. The SMILES string of the molecule is CCn1cnnc1SCc1cc2ccc(C)c(C)c2nc1Cl. The highest BCUT2D eigenvalue weighted by Crippen LogP contribution is 2.29. The summed E-state index contributed by atoms with van der Waals surface area (Å²) >= 11 is 8.00. The Hall–Kier alpha value is -1.59. The summed E-state index contributed by atoms with van der Waals surface area (Å²) in [4.78, 5) is 4.59. The van der Waals surface area contributed by atoms with Gasteiger partial charge < -0.3 is 4.57 Å². The van der Waals surface area contributed by atoms with Gasteiger partial charge in [0.25, 0.3) is 0 Å². The Kier molecular flexibility index (Phi) is 4.36. The highest BCUT2D eigenvalue weighted by molar-refractivity contribution is 7.98. The molecule has 3 aromatic rings. The van der Waals surface area contributed by atoms with E-state index < -0.39 is 0 Å². The van der Waals surface area contributed by atoms with Gasteiger partial charge in [-0.05, 0) is 38.0 Å². The normalized spacial score (nSPS) is 11.3. The predicted octanol–water partition coefficient (Wildman–Crippen LogP) is 4.41. The molecule has 0 atom stereocenters. The second-order valence-corrected chi connectivity index (χ2v) is 6.51. The molecule has 0 unspecified atom stereocenters. The highest BCUT2D eigenvalue weighted by atomic mass is 35.5. The van der Waals surface area contributed by atoms with Crippen molar-refractivity contribution in [2.45, 2.75) is 38.2 Å². The monoisotopic (exact) mass is 332 g/mol. The van der Waals surface area contributed by atoms with E-state index in [0.717, 1.165) is 33.9 Å². The smallest absolute Gasteiger partial charge is 0.191 e. The van der Waals surface area contributed by atoms with E-state index in [-0.39, 0.29) is 0 Å². The minimum absolute atomic E-state index is 0.566. The van der Waals surface area contributed by atoms with E-state index in [1.807, 2.05) is 4.57 Å². The Bertz CT molecular complexity index is 828. The van der Waals surface area contributed by atoms with Gasteiger partial charge in [0, 0.05) is 23.2 Å². The topological polar surface area (TPSA) is 43.6 Å². The molecule has 0 fully saturated rings. The number of pyridine rings is 1. The Morgan fingerprint density at radius 1 is 1.27 bits per heavy atom. The van der Waals surface area contributed by atoms with Gasteiger partial charge in [0.15, 0.2) is 5.16 Å². The first-order valence-corrected chi connectivity index (χ1v) is 8.52. The van der Waals surface area contributed by atoms with Crippen LogP contribution in [0.2, 0.25) is 5.15 Å². The largest absolute Gasteiger partial charge is 0.309 e. The Morgan fingerprint density at radius 3 is 2.86 bits per heavy atom. The number of fused-ring (bicyclic) bond motifs is 1. The van der Waals surface area contributed by atoms with Crippen molar-refractivity contribution in [3.05, 3.63) is 46.4 Å². The van der Waals surface area contributed by atoms with Crippen molar-refractivity contribution in [1.29, 1.82) is 0 Å². The molecule has 0 spiro atoms. The molecule has 0 N–H and O–H groups in total. The fourth-order valence-corrected chi connectivity index (χ4v) is 3.56. The molecular formula is C16H17ClN4S. The maximum Gasteiger partial charge on any atom is 0.191 e. The average molecular weight is 333 g/mol. The van der Waals surface area contributed by atoms with Gasteiger partial charge in [-0.2, -0.15) is 0 Å². The van der Waals surface area contributed by atoms with Crippen molar-refractivity contribution in [2.24, 2.45) is 0 Å². The Morgan fingerprint density at radius 2 is 2.09 bits per heavy atom. The summed E-state index contributed by atoms with van der Waals surface area (Å²) in [6, 6.07) is 6.35. The van der Waals surface area contributed by atoms with Gasteiger partial charge in [0.1, 0.15) is 11.5 Å². The van der Waals surface area contributed by atoms with Crippen molar-refractivity contribution >= 4 is 34.3 Å². The summed E-state index contributed by atoms with van der Waals surface area (Å²) in [6.07, 6.45) is 1.74. The van der Waals surface area contributed by atoms with Crippen molar-refractivity contribution in [2.75, 3.05) is 0 Å². The third-order valence-electron chi connectivity index (χ3n) is 3.82. The molecule has 0 amide bonds. The average Bonchev–Trinajstić information content (AvgIpc) is 2.97. The van der Waals surface area contributed by atoms with E-state index in [1.54, 1.807) is 18.1 Å². The molecule has 4 nitrogen and oxygen atoms in total. The van der Waals surface area contributed by atoms with Gasteiger partial charge >= 0.3 is 0 Å². The lowest BCUT2D eigenvalue weighted by Gasteiger charge is -2.09. The molecule has 0 aliphatic rings. The zero-order chi connectivity index (χ0) is 15.7. The molecule has 6 heteroatoms. The predicted molar refractivity (Wildman–Crippen MR) is 91.5 cm³/mol. The number of hydrogen-bond donors (Lipinski definition) is 0. The van der Waals surface area contributed by atoms with Gasteiger partial charge in [0.05, 0.1) is 5.52 Å². The van der Waals surface area contributed by atoms with E-state index in [0.29, 0.717) is 5.15 Å². The molecule has 0 bridgehead atoms. The summed E-state index contributed by atoms with van der Waals surface area (Å²) < 4.78 is 2.01. The minimum Gasteiger partial charge on any atom is -0.309 e. The summed E-state index contributed by atoms with van der Waals surface area (Å²) in [7, 11) is 0. The van der Waals surface area contributed by atoms with Crippen LogP contribution in [0.25, 0.3) is 10.9 Å². The fourth-order valence-electron chi connectivity index (χ4n) is 2.32. The van der Waals surface area contributed by atoms with Crippen LogP contribution in [0.15, 0.2) is 29.7 Å². The summed E-state index contributed by atoms with van der Waals surface area (Å²) in [5, 5.41) is 10.7. The number of aromatic nitrogens is 4. The molecule has 0 saturated heterocycles. The quantitative estimate of drug-likeness (QED) is 0.524. The Labute approximate surface area is 138 Å². The van der Waals surface area contributed by atoms with E-state index >= 15 is 0 Å². The van der Waals surface area contributed by atoms with Crippen molar-refractivity contribution in [3.8, 4) is 0 Å². The first-order valence-electron chi connectivity index (χ1n) is 7.16. The van der Waals surface area contributed by atoms with Gasteiger partial charge in [0.2, 0.25) is 0 Å². The third kappa shape index (κ3) is 2.83. The van der Waals surface area contributed by atoms with Crippen LogP contribution in [0, 0.1) is 13.8 Å². The van der Waals surface area contributed by atoms with E-state index in [1.165, 1.54) is 11.1 Å². The number of halogens is 1. The van der Waals surface area contributed by atoms with Crippen molar-refractivity contribution in [1.82, 2.24) is 19.7 Å². The molecule has 22 heavy (non-hydrogen) atoms. The van der Waals surface area contributed by atoms with Crippen LogP contribution in [0.5, 0.6) is 0 Å². The molecule has 114 valence electrons. The van der Waals surface area contributed by atoms with Gasteiger partial charge in [-0.1, -0.05) is 35.5 Å². The highest BCUT2D eigenvalue weighted by Gasteiger charge is 2.10. The van der Waals surface area contributed by atoms with Gasteiger partial charge in [-0.15, -0.1) is 10.2 Å². The van der Waals surface area contributed by atoms with Crippen LogP contribution in [-0.4, -0.2) is 19.7 Å². The number of aryl methyl sites for hydroxylation is 3. The first kappa shape index (κ1) is 15.3. The number of nitrogens with zero attached hydrogens (tertiary/aromatic N) is 4. The maximum atomic E-state index is 6.37. The van der Waals surface area contributed by atoms with Crippen molar-refractivity contribution in [3.63, 3.8) is 0 Å². The second kappa shape index (κ2) is 6.26. The van der Waals surface area contributed by atoms with Crippen LogP contribution < -0.4 is 0 Å². The molecule has 0 saturated carbocycles. The zero-order valence-electron chi connectivity index (χ0n) is 12.8. The molecule has 2 aromatic heterocycles. The lowest BCUT2D eigenvalue weighted by molar-refractivity contribution is 0.681. The molecule has 1 aromatic carbocycles. The van der Waals surface area contributed by atoms with E-state index in [9.17, 15) is 0 Å². The third-order valence-corrected chi connectivity index (χ3v) is 5.17. The van der Waals surface area contributed by atoms with Crippen LogP contribution in [0.3, 0.4) is 0 Å². The van der Waals surface area contributed by atoms with E-state index in [4.69, 9.17) is 11.6 Å². The first-order chi connectivity index (χ1) is 10.6. The van der Waals surface area contributed by atoms with Crippen molar-refractivity contribution < 1.29 is 0 Å². The lowest BCUT2D eigenvalue weighted by atomic mass is 10.0. The number of benzene rings is 1. The molecule has 0 aliphatic heterocycles. The number of rotatable bonds is 4. The lowest BCUT2D eigenvalue weighted by Crippen LogP contribution is -1.96. The minimum atomic E-state index is 0.566. The summed E-state index contributed by atoms with van der Waals surface area (Å²) in [5.41, 5.74) is 4.42. The number of hydrogen-bond acceptors (Lipinski definition) is 4. The van der Waals surface area contributed by atoms with Crippen LogP contribution in [0.1, 0.15) is 23.6 Å². The summed E-state index contributed by atoms with van der Waals surface area (Å²) in [5.74, 6) is 0.730. The van der Waals surface area contributed by atoms with Crippen LogP contribution >= 0.6 is 23.4 Å². The standard InChI is InChI=1S/C16H17ClN4S/c1-4-21-9-18-20-16(21)22-8-13-7-12-6-5-10(2)11(3)14(12)19-15(13)17/h5-7,9H,4,8H2,1-3H3. The zero-order valence-corrected chi connectivity index (χ0v) is 14.4. The van der Waals surface area contributed by atoms with E-state index in [2.05, 4.69) is 54.2 Å². The maximum absolute atomic E-state index is 6.37. The molecule has 0 aliphatic carbocycles. The van der Waals surface area contributed by atoms with Crippen LogP contribution in [0.4, 0.5) is 0 Å². The molecule has 0 radical (unpaired) electrons. The summed E-state index contributed by atoms with van der Waals surface area (Å²) in [6.45, 7) is 7.10. The fraction of sp³-hybridized carbons (Fsp3) is 0.312. The second-order valence-electron chi connectivity index (χ2n) is 5.21. The Balaban J connectivity index is 1.91. The van der Waals surface area contributed by atoms with Gasteiger partial charge in [-0.25, -0.2) is 4.98 Å². The molecular weight excluding hydrogens is 316 g/mol. The van der Waals surface area contributed by atoms with Gasteiger partial charge in [-0.3, -0.25) is 0 Å². The molecule has 3 rings (SSSR count). The number of thioether (sulfide) groups is 1.